The van der Waals surface area contributed by atoms with Crippen LogP contribution in [0.1, 0.15) is 33.4 Å². The number of aromatic amines is 1. The van der Waals surface area contributed by atoms with Gasteiger partial charge in [-0.15, -0.1) is 16.4 Å². The molecule has 0 aliphatic carbocycles. The molecule has 200 valence electrons. The maximum Gasteiger partial charge on any atom is 0.253 e. The van der Waals surface area contributed by atoms with Gasteiger partial charge in [0.15, 0.2) is 5.82 Å². The lowest BCUT2D eigenvalue weighted by molar-refractivity contribution is 0.196. The first kappa shape index (κ1) is 25.7. The summed E-state index contributed by atoms with van der Waals surface area (Å²) >= 11 is 1.69. The summed E-state index contributed by atoms with van der Waals surface area (Å²) in [5.74, 6) is 1.32. The van der Waals surface area contributed by atoms with E-state index in [0.717, 1.165) is 27.8 Å². The molecule has 0 radical (unpaired) electrons. The molecule has 6 rings (SSSR count). The summed E-state index contributed by atoms with van der Waals surface area (Å²) in [5.41, 5.74) is 3.33. The van der Waals surface area contributed by atoms with Gasteiger partial charge in [-0.1, -0.05) is 66.7 Å². The molecule has 1 N–H and O–H groups in total. The minimum atomic E-state index is -0.527. The molecule has 0 saturated heterocycles. The van der Waals surface area contributed by atoms with Gasteiger partial charge in [0.2, 0.25) is 0 Å². The maximum atomic E-state index is 13.8. The average Bonchev–Trinajstić information content (AvgIpc) is 3.67. The lowest BCUT2D eigenvalue weighted by Crippen LogP contribution is -2.34. The Kier molecular flexibility index (Phi) is 7.47. The van der Waals surface area contributed by atoms with Crippen LogP contribution in [0.15, 0.2) is 107 Å². The Bertz CT molecular complexity index is 1750. The summed E-state index contributed by atoms with van der Waals surface area (Å²) < 4.78 is 7.26. The van der Waals surface area contributed by atoms with E-state index in [1.54, 1.807) is 23.1 Å². The van der Waals surface area contributed by atoms with Gasteiger partial charge < -0.3 is 9.72 Å². The van der Waals surface area contributed by atoms with Crippen LogP contribution in [0.25, 0.3) is 10.9 Å². The highest BCUT2D eigenvalue weighted by atomic mass is 32.1. The fourth-order valence-electron chi connectivity index (χ4n) is 4.97. The minimum absolute atomic E-state index is 0.179. The number of methoxy groups -OCH3 is 1. The van der Waals surface area contributed by atoms with E-state index in [4.69, 9.17) is 4.74 Å². The smallest absolute Gasteiger partial charge is 0.253 e. The van der Waals surface area contributed by atoms with Crippen LogP contribution >= 0.6 is 11.3 Å². The van der Waals surface area contributed by atoms with Crippen LogP contribution in [-0.2, 0) is 19.6 Å². The summed E-state index contributed by atoms with van der Waals surface area (Å²) in [5, 5.41) is 15.9. The summed E-state index contributed by atoms with van der Waals surface area (Å²) in [6, 6.07) is 31.5. The molecule has 3 heterocycles. The molecule has 0 spiro atoms. The number of H-pyrrole nitrogens is 1. The van der Waals surface area contributed by atoms with Crippen LogP contribution < -0.4 is 10.3 Å². The molecule has 3 aromatic carbocycles. The van der Waals surface area contributed by atoms with E-state index in [1.165, 1.54) is 4.88 Å². The van der Waals surface area contributed by atoms with Gasteiger partial charge in [0.25, 0.3) is 5.56 Å². The molecular formula is C31H28N6O2S. The fourth-order valence-corrected chi connectivity index (χ4v) is 5.70. The van der Waals surface area contributed by atoms with Crippen molar-refractivity contribution in [3.8, 4) is 5.75 Å². The Hall–Kier alpha value is -4.60. The quantitative estimate of drug-likeness (QED) is 0.246. The molecule has 1 unspecified atom stereocenters. The third-order valence-electron chi connectivity index (χ3n) is 6.89. The topological polar surface area (TPSA) is 88.9 Å². The predicted octanol–water partition coefficient (Wildman–Crippen LogP) is 5.42. The minimum Gasteiger partial charge on any atom is -0.497 e. The Morgan fingerprint density at radius 3 is 2.42 bits per heavy atom. The molecule has 6 aromatic rings. The molecule has 0 aliphatic heterocycles. The summed E-state index contributed by atoms with van der Waals surface area (Å²) in [4.78, 5) is 20.3. The van der Waals surface area contributed by atoms with Gasteiger partial charge in [-0.2, -0.15) is 0 Å². The van der Waals surface area contributed by atoms with E-state index in [2.05, 4.69) is 49.0 Å². The van der Waals surface area contributed by atoms with E-state index in [9.17, 15) is 4.79 Å². The molecular weight excluding hydrogens is 520 g/mol. The molecule has 1 atom stereocenters. The van der Waals surface area contributed by atoms with Crippen LogP contribution in [-0.4, -0.2) is 37.2 Å². The van der Waals surface area contributed by atoms with Crippen LogP contribution in [0.2, 0.25) is 0 Å². The van der Waals surface area contributed by atoms with E-state index in [1.807, 2.05) is 78.9 Å². The second-order valence-electron chi connectivity index (χ2n) is 9.56. The first-order chi connectivity index (χ1) is 19.7. The predicted molar refractivity (Wildman–Crippen MR) is 156 cm³/mol. The Morgan fingerprint density at radius 2 is 1.70 bits per heavy atom. The number of aromatic nitrogens is 5. The molecule has 40 heavy (non-hydrogen) atoms. The van der Waals surface area contributed by atoms with Gasteiger partial charge >= 0.3 is 0 Å². The van der Waals surface area contributed by atoms with Crippen molar-refractivity contribution in [1.29, 1.82) is 0 Å². The second-order valence-corrected chi connectivity index (χ2v) is 10.6. The van der Waals surface area contributed by atoms with Crippen molar-refractivity contribution < 1.29 is 4.74 Å². The standard InChI is InChI=1S/C31H28N6O2S/c1-39-25-14-15-28-24(17-25)18-27(31(38)32-28)29(30-33-34-35-37(30)20-23-11-6-3-7-12-23)36(21-26-13-8-16-40-26)19-22-9-4-2-5-10-22/h2-18,29H,19-21H2,1H3,(H,32,38). The number of hydrogen-bond acceptors (Lipinski definition) is 7. The number of fused-ring (bicyclic) bond motifs is 1. The third-order valence-corrected chi connectivity index (χ3v) is 7.75. The zero-order chi connectivity index (χ0) is 27.3. The number of pyridine rings is 1. The van der Waals surface area contributed by atoms with Crippen molar-refractivity contribution in [2.75, 3.05) is 7.11 Å². The van der Waals surface area contributed by atoms with E-state index in [0.29, 0.717) is 31.0 Å². The zero-order valence-electron chi connectivity index (χ0n) is 22.0. The lowest BCUT2D eigenvalue weighted by atomic mass is 10.0. The molecule has 0 amide bonds. The molecule has 0 bridgehead atoms. The molecule has 0 aliphatic rings. The highest BCUT2D eigenvalue weighted by molar-refractivity contribution is 7.09. The number of nitrogens with zero attached hydrogens (tertiary/aromatic N) is 5. The number of tetrazole rings is 1. The van der Waals surface area contributed by atoms with Crippen LogP contribution in [0, 0.1) is 0 Å². The summed E-state index contributed by atoms with van der Waals surface area (Å²) in [6.07, 6.45) is 0. The van der Waals surface area contributed by atoms with Crippen molar-refractivity contribution in [3.05, 3.63) is 140 Å². The van der Waals surface area contributed by atoms with Gasteiger partial charge in [0.1, 0.15) is 11.8 Å². The first-order valence-corrected chi connectivity index (χ1v) is 13.9. The highest BCUT2D eigenvalue weighted by Gasteiger charge is 2.31. The molecule has 0 saturated carbocycles. The van der Waals surface area contributed by atoms with Gasteiger partial charge in [-0.25, -0.2) is 4.68 Å². The van der Waals surface area contributed by atoms with Crippen molar-refractivity contribution in [1.82, 2.24) is 30.1 Å². The molecule has 3 aromatic heterocycles. The molecule has 8 nitrogen and oxygen atoms in total. The van der Waals surface area contributed by atoms with Crippen molar-refractivity contribution in [3.63, 3.8) is 0 Å². The number of ether oxygens (including phenoxy) is 1. The van der Waals surface area contributed by atoms with E-state index in [-0.39, 0.29) is 5.56 Å². The summed E-state index contributed by atoms with van der Waals surface area (Å²) in [7, 11) is 1.64. The summed E-state index contributed by atoms with van der Waals surface area (Å²) in [6.45, 7) is 1.69. The zero-order valence-corrected chi connectivity index (χ0v) is 22.8. The van der Waals surface area contributed by atoms with Gasteiger partial charge in [0, 0.05) is 34.4 Å². The number of rotatable bonds is 10. The van der Waals surface area contributed by atoms with Crippen LogP contribution in [0.4, 0.5) is 0 Å². The Balaban J connectivity index is 1.53. The first-order valence-electron chi connectivity index (χ1n) is 13.0. The Labute approximate surface area is 235 Å². The van der Waals surface area contributed by atoms with E-state index < -0.39 is 6.04 Å². The Morgan fingerprint density at radius 1 is 0.925 bits per heavy atom. The highest BCUT2D eigenvalue weighted by Crippen LogP contribution is 2.31. The van der Waals surface area contributed by atoms with Gasteiger partial charge in [-0.05, 0) is 57.3 Å². The van der Waals surface area contributed by atoms with Gasteiger partial charge in [-0.3, -0.25) is 9.69 Å². The third kappa shape index (κ3) is 5.56. The van der Waals surface area contributed by atoms with Gasteiger partial charge in [0.05, 0.1) is 13.7 Å². The van der Waals surface area contributed by atoms with Crippen LogP contribution in [0.3, 0.4) is 0 Å². The fraction of sp³-hybridized carbons (Fsp3) is 0.161. The number of hydrogen-bond donors (Lipinski definition) is 1. The average molecular weight is 549 g/mol. The number of benzene rings is 3. The van der Waals surface area contributed by atoms with E-state index >= 15 is 0 Å². The second kappa shape index (κ2) is 11.6. The number of nitrogens with one attached hydrogen (secondary N) is 1. The lowest BCUT2D eigenvalue weighted by Gasteiger charge is -2.31. The molecule has 9 heteroatoms. The maximum absolute atomic E-state index is 13.8. The normalized spacial score (nSPS) is 12.2. The SMILES string of the molecule is COc1ccc2[nH]c(=O)c(C(c3nnnn3Cc3ccccc3)N(Cc3ccccc3)Cc3cccs3)cc2c1. The number of thiophene rings is 1. The van der Waals surface area contributed by atoms with Crippen molar-refractivity contribution in [2.45, 2.75) is 25.7 Å². The monoisotopic (exact) mass is 548 g/mol. The van der Waals surface area contributed by atoms with Crippen LogP contribution in [0.5, 0.6) is 5.75 Å². The largest absolute Gasteiger partial charge is 0.497 e. The van der Waals surface area contributed by atoms with Crippen molar-refractivity contribution in [2.24, 2.45) is 0 Å². The van der Waals surface area contributed by atoms with Crippen molar-refractivity contribution >= 4 is 22.2 Å². The molecule has 0 fully saturated rings.